The van der Waals surface area contributed by atoms with Gasteiger partial charge in [0.1, 0.15) is 38.1 Å². The molecule has 254 valence electrons. The summed E-state index contributed by atoms with van der Waals surface area (Å²) in [6, 6.07) is 44.9. The number of carbonyl (C=O) groups excluding carboxylic acids is 1. The van der Waals surface area contributed by atoms with Gasteiger partial charge in [0.25, 0.3) is 0 Å². The van der Waals surface area contributed by atoms with Crippen molar-refractivity contribution in [2.24, 2.45) is 0 Å². The number of amides is 1. The molecule has 0 aliphatic rings. The summed E-state index contributed by atoms with van der Waals surface area (Å²) < 4.78 is 46.1. The fourth-order valence-electron chi connectivity index (χ4n) is 5.33. The molecule has 1 heterocycles. The number of carbonyl (C=O) groups is 1. The zero-order chi connectivity index (χ0) is 34.6. The number of thiophene rings is 1. The molecule has 10 heteroatoms. The zero-order valence-electron chi connectivity index (χ0n) is 28.3. The van der Waals surface area contributed by atoms with E-state index in [9.17, 15) is 13.2 Å². The largest absolute Gasteiger partial charge is 1.00 e. The van der Waals surface area contributed by atoms with Gasteiger partial charge in [0.2, 0.25) is 0 Å². The van der Waals surface area contributed by atoms with E-state index in [-0.39, 0.29) is 40.2 Å². The molecule has 6 aromatic rings. The summed E-state index contributed by atoms with van der Waals surface area (Å²) in [7, 11) is -3.97. The molecule has 0 N–H and O–H groups in total. The summed E-state index contributed by atoms with van der Waals surface area (Å²) in [6.07, 6.45) is 1.07. The van der Waals surface area contributed by atoms with Gasteiger partial charge in [-0.1, -0.05) is 97.1 Å². The maximum atomic E-state index is 12.4. The van der Waals surface area contributed by atoms with E-state index in [1.54, 1.807) is 11.4 Å². The molecule has 0 fully saturated rings. The van der Waals surface area contributed by atoms with E-state index in [1.165, 1.54) is 11.6 Å². The van der Waals surface area contributed by atoms with Gasteiger partial charge in [-0.05, 0) is 94.1 Å². The van der Waals surface area contributed by atoms with Gasteiger partial charge >= 0.3 is 29.6 Å². The summed E-state index contributed by atoms with van der Waals surface area (Å²) in [6.45, 7) is 1.45. The maximum absolute atomic E-state index is 12.4. The van der Waals surface area contributed by atoms with E-state index in [2.05, 4.69) is 29.0 Å². The van der Waals surface area contributed by atoms with E-state index >= 15 is 0 Å². The normalized spacial score (nSPS) is 10.9. The fourth-order valence-corrected chi connectivity index (χ4v) is 7.25. The maximum Gasteiger partial charge on any atom is 1.00 e. The first-order chi connectivity index (χ1) is 24.4. The number of sulfonamides is 1. The molecule has 0 saturated carbocycles. The SMILES string of the molecule is O=C(CCc1ccccc1-c1ccc(OCCCOc2cccc(COc3ccc(-c4ccccc4)cc3)c2)cc1)[N-]S(=O)(=O)c1cccs1.[Na+]. The Morgan fingerprint density at radius 2 is 1.27 bits per heavy atom. The predicted octanol–water partition coefficient (Wildman–Crippen LogP) is 6.73. The molecule has 6 rings (SSSR count). The molecule has 0 atom stereocenters. The Morgan fingerprint density at radius 1 is 0.627 bits per heavy atom. The van der Waals surface area contributed by atoms with Crippen molar-refractivity contribution in [3.63, 3.8) is 0 Å². The van der Waals surface area contributed by atoms with E-state index in [1.807, 2.05) is 103 Å². The first kappa shape index (κ1) is 37.9. The number of hydrogen-bond acceptors (Lipinski definition) is 7. The average molecular weight is 726 g/mol. The van der Waals surface area contributed by atoms with Crippen molar-refractivity contribution < 1.29 is 57.0 Å². The molecule has 51 heavy (non-hydrogen) atoms. The summed E-state index contributed by atoms with van der Waals surface area (Å²) >= 11 is 1.04. The number of aryl methyl sites for hydroxylation is 1. The van der Waals surface area contributed by atoms with Crippen LogP contribution < -0.4 is 43.8 Å². The monoisotopic (exact) mass is 725 g/mol. The van der Waals surface area contributed by atoms with E-state index < -0.39 is 15.9 Å². The Bertz CT molecular complexity index is 2090. The topological polar surface area (TPSA) is 93.0 Å². The van der Waals surface area contributed by atoms with Crippen LogP contribution in [0, 0.1) is 0 Å². The first-order valence-corrected chi connectivity index (χ1v) is 18.6. The summed E-state index contributed by atoms with van der Waals surface area (Å²) in [5.41, 5.74) is 6.22. The van der Waals surface area contributed by atoms with E-state index in [0.29, 0.717) is 32.7 Å². The van der Waals surface area contributed by atoms with Crippen LogP contribution >= 0.6 is 11.3 Å². The minimum absolute atomic E-state index is 0. The smallest absolute Gasteiger partial charge is 0.541 e. The molecule has 0 spiro atoms. The van der Waals surface area contributed by atoms with Crippen molar-refractivity contribution in [2.45, 2.75) is 30.1 Å². The molecular formula is C41H36NNaO6S2. The van der Waals surface area contributed by atoms with Crippen LogP contribution in [0.2, 0.25) is 0 Å². The van der Waals surface area contributed by atoms with Crippen LogP contribution in [0.15, 0.2) is 149 Å². The molecule has 0 aliphatic heterocycles. The van der Waals surface area contributed by atoms with Crippen molar-refractivity contribution in [1.29, 1.82) is 0 Å². The quantitative estimate of drug-likeness (QED) is 0.0812. The summed E-state index contributed by atoms with van der Waals surface area (Å²) in [5, 5.41) is 1.64. The van der Waals surface area contributed by atoms with Crippen molar-refractivity contribution in [1.82, 2.24) is 0 Å². The van der Waals surface area contributed by atoms with E-state index in [4.69, 9.17) is 14.2 Å². The van der Waals surface area contributed by atoms with Crippen molar-refractivity contribution in [3.05, 3.63) is 161 Å². The molecule has 0 radical (unpaired) electrons. The molecule has 0 saturated heterocycles. The molecule has 1 amide bonds. The summed E-state index contributed by atoms with van der Waals surface area (Å²) in [4.78, 5) is 12.4. The minimum Gasteiger partial charge on any atom is -0.541 e. The van der Waals surface area contributed by atoms with Crippen molar-refractivity contribution in [2.75, 3.05) is 13.2 Å². The Morgan fingerprint density at radius 3 is 2.00 bits per heavy atom. The second-order valence-electron chi connectivity index (χ2n) is 11.5. The van der Waals surface area contributed by atoms with Gasteiger partial charge in [-0.2, -0.15) is 0 Å². The third-order valence-electron chi connectivity index (χ3n) is 7.85. The summed E-state index contributed by atoms with van der Waals surface area (Å²) in [5.74, 6) is 1.68. The third kappa shape index (κ3) is 11.1. The van der Waals surface area contributed by atoms with Crippen LogP contribution in [0.25, 0.3) is 27.0 Å². The Labute approximate surface area is 325 Å². The molecule has 1 aromatic heterocycles. The molecule has 0 aliphatic carbocycles. The van der Waals surface area contributed by atoms with E-state index in [0.717, 1.165) is 56.4 Å². The Kier molecular flexibility index (Phi) is 13.9. The van der Waals surface area contributed by atoms with Gasteiger partial charge in [-0.3, -0.25) is 0 Å². The zero-order valence-corrected chi connectivity index (χ0v) is 31.9. The van der Waals surface area contributed by atoms with Crippen LogP contribution in [-0.2, 0) is 27.8 Å². The van der Waals surface area contributed by atoms with Crippen LogP contribution in [0.3, 0.4) is 0 Å². The molecule has 5 aromatic carbocycles. The first-order valence-electron chi connectivity index (χ1n) is 16.3. The van der Waals surface area contributed by atoms with Crippen LogP contribution in [0.1, 0.15) is 24.0 Å². The number of benzene rings is 5. The van der Waals surface area contributed by atoms with Gasteiger partial charge in [-0.25, -0.2) is 8.42 Å². The Hall–Kier alpha value is -4.38. The number of rotatable bonds is 16. The van der Waals surface area contributed by atoms with Gasteiger partial charge in [0, 0.05) is 6.42 Å². The number of nitrogens with zero attached hydrogens (tertiary/aromatic N) is 1. The van der Waals surface area contributed by atoms with Gasteiger partial charge in [0.05, 0.1) is 19.1 Å². The Balaban J connectivity index is 0.00000504. The second kappa shape index (κ2) is 18.7. The van der Waals surface area contributed by atoms with Crippen LogP contribution in [-0.4, -0.2) is 27.5 Å². The number of hydrogen-bond donors (Lipinski definition) is 0. The third-order valence-corrected chi connectivity index (χ3v) is 10.5. The number of ether oxygens (including phenoxy) is 3. The minimum atomic E-state index is -3.97. The van der Waals surface area contributed by atoms with Crippen molar-refractivity contribution >= 4 is 27.3 Å². The fraction of sp³-hybridized carbons (Fsp3) is 0.146. The van der Waals surface area contributed by atoms with Gasteiger partial charge < -0.3 is 23.7 Å². The van der Waals surface area contributed by atoms with Crippen LogP contribution in [0.4, 0.5) is 0 Å². The molecular weight excluding hydrogens is 690 g/mol. The molecule has 0 bridgehead atoms. The molecule has 7 nitrogen and oxygen atoms in total. The second-order valence-corrected chi connectivity index (χ2v) is 14.2. The van der Waals surface area contributed by atoms with Crippen LogP contribution in [0.5, 0.6) is 17.2 Å². The average Bonchev–Trinajstić information content (AvgIpc) is 3.71. The van der Waals surface area contributed by atoms with Gasteiger partial charge in [0.15, 0.2) is 0 Å². The standard InChI is InChI=1S/C41H37NO6S2.Na/c43-40(42-50(44,45)41-15-7-28-49-41)25-20-34-12-4-5-14-39(34)35-18-23-36(24-19-35)46-26-8-27-47-38-13-6-9-31(29-38)30-48-37-21-16-33(17-22-37)32-10-2-1-3-11-32;/h1-7,9-19,21-24,28-29H,8,20,25-27,30H2,(H,42,43);/q;+1/p-1. The predicted molar refractivity (Wildman–Crippen MR) is 198 cm³/mol. The van der Waals surface area contributed by atoms with Crippen molar-refractivity contribution in [3.8, 4) is 39.5 Å². The van der Waals surface area contributed by atoms with Gasteiger partial charge in [-0.15, -0.1) is 11.3 Å². The molecule has 0 unspecified atom stereocenters.